The lowest BCUT2D eigenvalue weighted by Crippen LogP contribution is -2.44. The number of rotatable bonds is 8. The average molecular weight is 525 g/mol. The standard InChI is InChI=1S/C28H28N8O3/c1-3-26(37)29-20-5-4-6-21(17-20)30-27-24-18-23(36(38)39)11-12-25(24)32-28(33-27)31-19-7-9-22(10-8-19)35-15-13-34(2)14-16-35/h3-12,17-18H,1,13-16H2,2H3,(H,29,37)(H2,30,31,32,33). The minimum absolute atomic E-state index is 0.0682. The quantitative estimate of drug-likeness (QED) is 0.167. The first-order valence-electron chi connectivity index (χ1n) is 12.5. The van der Waals surface area contributed by atoms with Gasteiger partial charge in [-0.3, -0.25) is 14.9 Å². The van der Waals surface area contributed by atoms with E-state index in [-0.39, 0.29) is 11.6 Å². The van der Waals surface area contributed by atoms with Crippen LogP contribution in [0.3, 0.4) is 0 Å². The van der Waals surface area contributed by atoms with Gasteiger partial charge in [-0.15, -0.1) is 0 Å². The van der Waals surface area contributed by atoms with E-state index in [0.29, 0.717) is 34.0 Å². The molecular weight excluding hydrogens is 496 g/mol. The molecule has 11 nitrogen and oxygen atoms in total. The Hall–Kier alpha value is -5.03. The van der Waals surface area contributed by atoms with Crippen molar-refractivity contribution in [3.8, 4) is 0 Å². The van der Waals surface area contributed by atoms with E-state index >= 15 is 0 Å². The summed E-state index contributed by atoms with van der Waals surface area (Å²) in [5.41, 5.74) is 3.63. The second-order valence-corrected chi connectivity index (χ2v) is 9.22. The number of benzene rings is 3. The third-order valence-electron chi connectivity index (χ3n) is 6.46. The van der Waals surface area contributed by atoms with Gasteiger partial charge in [-0.05, 0) is 61.7 Å². The second-order valence-electron chi connectivity index (χ2n) is 9.22. The number of likely N-dealkylation sites (N-methyl/N-ethyl adjacent to an activating group) is 1. The van der Waals surface area contributed by atoms with Crippen LogP contribution in [0.5, 0.6) is 0 Å². The number of non-ortho nitro benzene ring substituents is 1. The number of carbonyl (C=O) groups excluding carboxylic acids is 1. The topological polar surface area (TPSA) is 129 Å². The molecule has 198 valence electrons. The van der Waals surface area contributed by atoms with Crippen molar-refractivity contribution in [1.82, 2.24) is 14.9 Å². The van der Waals surface area contributed by atoms with E-state index < -0.39 is 4.92 Å². The Bertz CT molecular complexity index is 1530. The van der Waals surface area contributed by atoms with Gasteiger partial charge in [0.2, 0.25) is 11.9 Å². The highest BCUT2D eigenvalue weighted by atomic mass is 16.6. The van der Waals surface area contributed by atoms with Gasteiger partial charge < -0.3 is 25.8 Å². The first-order chi connectivity index (χ1) is 18.9. The van der Waals surface area contributed by atoms with Crippen LogP contribution in [0.25, 0.3) is 10.9 Å². The summed E-state index contributed by atoms with van der Waals surface area (Å²) in [5.74, 6) is 0.384. The van der Waals surface area contributed by atoms with E-state index in [1.165, 1.54) is 18.2 Å². The van der Waals surface area contributed by atoms with Crippen LogP contribution in [0.1, 0.15) is 0 Å². The summed E-state index contributed by atoms with van der Waals surface area (Å²) in [6.07, 6.45) is 1.19. The number of piperazine rings is 1. The van der Waals surface area contributed by atoms with Crippen LogP contribution in [0.15, 0.2) is 79.4 Å². The fourth-order valence-corrected chi connectivity index (χ4v) is 4.34. The van der Waals surface area contributed by atoms with Gasteiger partial charge in [-0.25, -0.2) is 4.98 Å². The normalized spacial score (nSPS) is 13.6. The van der Waals surface area contributed by atoms with E-state index in [0.717, 1.165) is 37.6 Å². The maximum atomic E-state index is 11.7. The lowest BCUT2D eigenvalue weighted by atomic mass is 10.2. The van der Waals surface area contributed by atoms with Crippen LogP contribution >= 0.6 is 0 Å². The van der Waals surface area contributed by atoms with E-state index in [1.54, 1.807) is 30.3 Å². The molecule has 0 spiro atoms. The number of fused-ring (bicyclic) bond motifs is 1. The number of carbonyl (C=O) groups is 1. The van der Waals surface area contributed by atoms with Gasteiger partial charge in [0.25, 0.3) is 5.69 Å². The summed E-state index contributed by atoms with van der Waals surface area (Å²) in [6.45, 7) is 7.49. The van der Waals surface area contributed by atoms with Crippen LogP contribution in [0, 0.1) is 10.1 Å². The first kappa shape index (κ1) is 25.6. The van der Waals surface area contributed by atoms with Crippen LogP contribution in [0.2, 0.25) is 0 Å². The number of amides is 1. The Morgan fingerprint density at radius 1 is 0.949 bits per heavy atom. The highest BCUT2D eigenvalue weighted by Crippen LogP contribution is 2.30. The van der Waals surface area contributed by atoms with E-state index in [9.17, 15) is 14.9 Å². The SMILES string of the molecule is C=CC(=O)Nc1cccc(Nc2nc(Nc3ccc(N4CCN(C)CC4)cc3)nc3ccc([N+](=O)[O-])cc23)c1. The van der Waals surface area contributed by atoms with Crippen molar-refractivity contribution < 1.29 is 9.72 Å². The molecule has 0 bridgehead atoms. The fraction of sp³-hybridized carbons (Fsp3) is 0.179. The zero-order valence-corrected chi connectivity index (χ0v) is 21.4. The van der Waals surface area contributed by atoms with Crippen LogP contribution in [0.4, 0.5) is 40.2 Å². The third kappa shape index (κ3) is 6.11. The molecule has 11 heteroatoms. The lowest BCUT2D eigenvalue weighted by molar-refractivity contribution is -0.384. The number of hydrogen-bond donors (Lipinski definition) is 3. The number of hydrogen-bond acceptors (Lipinski definition) is 9. The molecule has 1 aliphatic rings. The molecule has 4 aromatic rings. The molecule has 0 radical (unpaired) electrons. The molecule has 0 saturated carbocycles. The Morgan fingerprint density at radius 3 is 2.41 bits per heavy atom. The monoisotopic (exact) mass is 524 g/mol. The molecule has 2 heterocycles. The van der Waals surface area contributed by atoms with Gasteiger partial charge >= 0.3 is 0 Å². The van der Waals surface area contributed by atoms with E-state index in [4.69, 9.17) is 0 Å². The summed E-state index contributed by atoms with van der Waals surface area (Å²) in [5, 5.41) is 21.1. The molecular formula is C28H28N8O3. The molecule has 5 rings (SSSR count). The summed E-state index contributed by atoms with van der Waals surface area (Å²) < 4.78 is 0. The molecule has 39 heavy (non-hydrogen) atoms. The maximum absolute atomic E-state index is 11.7. The summed E-state index contributed by atoms with van der Waals surface area (Å²) >= 11 is 0. The molecule has 1 aromatic heterocycles. The van der Waals surface area contributed by atoms with Gasteiger partial charge in [-0.1, -0.05) is 12.6 Å². The summed E-state index contributed by atoms with van der Waals surface area (Å²) in [7, 11) is 2.13. The molecule has 1 fully saturated rings. The number of nitrogens with one attached hydrogen (secondary N) is 3. The highest BCUT2D eigenvalue weighted by Gasteiger charge is 2.16. The van der Waals surface area contributed by atoms with Gasteiger partial charge in [0.1, 0.15) is 5.82 Å². The largest absolute Gasteiger partial charge is 0.369 e. The smallest absolute Gasteiger partial charge is 0.270 e. The van der Waals surface area contributed by atoms with Crippen molar-refractivity contribution in [2.45, 2.75) is 0 Å². The van der Waals surface area contributed by atoms with Crippen molar-refractivity contribution in [2.75, 3.05) is 54.1 Å². The van der Waals surface area contributed by atoms with Gasteiger partial charge in [0.15, 0.2) is 0 Å². The number of nitro benzene ring substituents is 1. The molecule has 0 atom stereocenters. The Morgan fingerprint density at radius 2 is 1.69 bits per heavy atom. The van der Waals surface area contributed by atoms with Crippen molar-refractivity contribution in [2.24, 2.45) is 0 Å². The highest BCUT2D eigenvalue weighted by molar-refractivity contribution is 5.99. The molecule has 1 amide bonds. The minimum Gasteiger partial charge on any atom is -0.369 e. The second kappa shape index (κ2) is 11.2. The summed E-state index contributed by atoms with van der Waals surface area (Å²) in [6, 6.07) is 19.6. The maximum Gasteiger partial charge on any atom is 0.270 e. The molecule has 3 N–H and O–H groups in total. The predicted octanol–water partition coefficient (Wildman–Crippen LogP) is 4.90. The van der Waals surface area contributed by atoms with Crippen LogP contribution < -0.4 is 20.9 Å². The molecule has 3 aromatic carbocycles. The van der Waals surface area contributed by atoms with E-state index in [2.05, 4.69) is 61.5 Å². The lowest BCUT2D eigenvalue weighted by Gasteiger charge is -2.34. The Balaban J connectivity index is 1.44. The summed E-state index contributed by atoms with van der Waals surface area (Å²) in [4.78, 5) is 36.6. The van der Waals surface area contributed by atoms with Crippen molar-refractivity contribution in [3.63, 3.8) is 0 Å². The number of aromatic nitrogens is 2. The van der Waals surface area contributed by atoms with Crippen LogP contribution in [-0.2, 0) is 4.79 Å². The van der Waals surface area contributed by atoms with Gasteiger partial charge in [-0.2, -0.15) is 4.98 Å². The number of anilines is 6. The third-order valence-corrected chi connectivity index (χ3v) is 6.46. The van der Waals surface area contributed by atoms with Crippen molar-refractivity contribution in [1.29, 1.82) is 0 Å². The van der Waals surface area contributed by atoms with Crippen molar-refractivity contribution in [3.05, 3.63) is 89.5 Å². The van der Waals surface area contributed by atoms with Crippen LogP contribution in [-0.4, -0.2) is 58.9 Å². The average Bonchev–Trinajstić information content (AvgIpc) is 2.94. The van der Waals surface area contributed by atoms with E-state index in [1.807, 2.05) is 12.1 Å². The number of nitrogens with zero attached hydrogens (tertiary/aromatic N) is 5. The molecule has 0 aliphatic carbocycles. The van der Waals surface area contributed by atoms with Gasteiger partial charge in [0.05, 0.1) is 10.4 Å². The van der Waals surface area contributed by atoms with Crippen molar-refractivity contribution >= 4 is 57.0 Å². The fourth-order valence-electron chi connectivity index (χ4n) is 4.34. The zero-order chi connectivity index (χ0) is 27.4. The first-order valence-corrected chi connectivity index (χ1v) is 12.5. The zero-order valence-electron chi connectivity index (χ0n) is 21.4. The van der Waals surface area contributed by atoms with Gasteiger partial charge in [0, 0.05) is 66.4 Å². The molecule has 1 aliphatic heterocycles. The Labute approximate surface area is 225 Å². The molecule has 0 unspecified atom stereocenters. The Kier molecular flexibility index (Phi) is 7.32. The minimum atomic E-state index is -0.456. The molecule has 1 saturated heterocycles. The number of nitro groups is 1. The predicted molar refractivity (Wildman–Crippen MR) is 154 cm³/mol.